The van der Waals surface area contributed by atoms with E-state index in [9.17, 15) is 24.0 Å². The molecule has 0 aliphatic carbocycles. The molecule has 0 spiro atoms. The summed E-state index contributed by atoms with van der Waals surface area (Å²) in [6.45, 7) is 2.26. The first kappa shape index (κ1) is 44.2. The van der Waals surface area contributed by atoms with Crippen molar-refractivity contribution in [3.8, 4) is 0 Å². The molecule has 12 heteroatoms. The van der Waals surface area contributed by atoms with Gasteiger partial charge in [-0.25, -0.2) is 14.6 Å². The summed E-state index contributed by atoms with van der Waals surface area (Å²) in [6, 6.07) is 18.0. The summed E-state index contributed by atoms with van der Waals surface area (Å²) in [5.41, 5.74) is 1.70. The molecule has 1 unspecified atom stereocenters. The second-order valence-corrected chi connectivity index (χ2v) is 16.3. The topological polar surface area (TPSA) is 141 Å². The maximum atomic E-state index is 14.0. The van der Waals surface area contributed by atoms with Crippen LogP contribution in [0.3, 0.4) is 0 Å². The van der Waals surface area contributed by atoms with Gasteiger partial charge in [0.2, 0.25) is 11.8 Å². The molecule has 2 N–H and O–H groups in total. The van der Waals surface area contributed by atoms with Crippen molar-refractivity contribution in [2.75, 3.05) is 24.9 Å². The number of aromatic nitrogens is 1. The van der Waals surface area contributed by atoms with E-state index in [4.69, 9.17) is 9.47 Å². The number of hydrogen-bond donors (Lipinski definition) is 2. The molecule has 2 amide bonds. The van der Waals surface area contributed by atoms with Crippen molar-refractivity contribution in [3.05, 3.63) is 83.4 Å². The standard InChI is InChI=1S/C44H55N3O7S2/c1-4-5-6-7-8-9-10-11-12-13-14-15-16-17-18-23-38(48)45-34-26-24-31(25-27-34)39(49)40(56-44-47-36-21-19-20-22-37(36)55-44)41(50)46-35-29-32(42(51)53-2)28-33(30-35)43(52)54-3/h19-22,24-30,40H,4-18,23H2,1-3H3,(H,45,48)(H,46,50). The number of methoxy groups -OCH3 is 2. The number of nitrogens with one attached hydrogen (secondary N) is 2. The molecule has 1 atom stereocenters. The quantitative estimate of drug-likeness (QED) is 0.0220. The molecule has 0 aliphatic heterocycles. The Labute approximate surface area is 338 Å². The molecule has 4 rings (SSSR count). The van der Waals surface area contributed by atoms with Crippen LogP contribution in [-0.4, -0.2) is 54.0 Å². The summed E-state index contributed by atoms with van der Waals surface area (Å²) in [4.78, 5) is 69.9. The highest BCUT2D eigenvalue weighted by Crippen LogP contribution is 2.34. The van der Waals surface area contributed by atoms with Gasteiger partial charge in [-0.15, -0.1) is 11.3 Å². The first-order chi connectivity index (χ1) is 27.2. The van der Waals surface area contributed by atoms with Gasteiger partial charge in [0.1, 0.15) is 0 Å². The number of thioether (sulfide) groups is 1. The fraction of sp³-hybridized carbons (Fsp3) is 0.455. The minimum absolute atomic E-state index is 0.0182. The van der Waals surface area contributed by atoms with E-state index < -0.39 is 28.9 Å². The van der Waals surface area contributed by atoms with Crippen molar-refractivity contribution in [2.24, 2.45) is 0 Å². The first-order valence-electron chi connectivity index (χ1n) is 19.8. The normalized spacial score (nSPS) is 11.6. The maximum Gasteiger partial charge on any atom is 0.337 e. The number of esters is 2. The molecule has 56 heavy (non-hydrogen) atoms. The molecule has 0 bridgehead atoms. The van der Waals surface area contributed by atoms with E-state index in [0.717, 1.165) is 41.2 Å². The number of anilines is 2. The van der Waals surface area contributed by atoms with Crippen LogP contribution >= 0.6 is 23.1 Å². The number of nitrogens with zero attached hydrogens (tertiary/aromatic N) is 1. The summed E-state index contributed by atoms with van der Waals surface area (Å²) >= 11 is 2.36. The minimum atomic E-state index is -1.29. The van der Waals surface area contributed by atoms with E-state index in [0.29, 0.717) is 16.4 Å². The Balaban J connectivity index is 1.30. The third-order valence-corrected chi connectivity index (χ3v) is 11.8. The molecule has 0 aliphatic rings. The number of Topliss-reactive ketones (excluding diaryl/α,β-unsaturated/α-hetero) is 1. The lowest BCUT2D eigenvalue weighted by molar-refractivity contribution is -0.116. The average Bonchev–Trinajstić information content (AvgIpc) is 3.63. The van der Waals surface area contributed by atoms with Gasteiger partial charge in [-0.2, -0.15) is 0 Å². The highest BCUT2D eigenvalue weighted by Gasteiger charge is 2.31. The van der Waals surface area contributed by atoms with Gasteiger partial charge < -0.3 is 20.1 Å². The van der Waals surface area contributed by atoms with Crippen LogP contribution in [-0.2, 0) is 19.1 Å². The Bertz CT molecular complexity index is 1830. The molecule has 1 heterocycles. The van der Waals surface area contributed by atoms with Crippen molar-refractivity contribution in [3.63, 3.8) is 0 Å². The van der Waals surface area contributed by atoms with Crippen LogP contribution in [0.4, 0.5) is 11.4 Å². The van der Waals surface area contributed by atoms with Crippen LogP contribution in [0.5, 0.6) is 0 Å². The zero-order chi connectivity index (χ0) is 40.1. The monoisotopic (exact) mass is 801 g/mol. The molecule has 10 nitrogen and oxygen atoms in total. The van der Waals surface area contributed by atoms with E-state index in [-0.39, 0.29) is 28.3 Å². The van der Waals surface area contributed by atoms with Crippen LogP contribution < -0.4 is 10.6 Å². The maximum absolute atomic E-state index is 14.0. The number of carbonyl (C=O) groups excluding carboxylic acids is 5. The zero-order valence-corrected chi connectivity index (χ0v) is 34.5. The lowest BCUT2D eigenvalue weighted by atomic mass is 10.0. The second-order valence-electron chi connectivity index (χ2n) is 13.9. The lowest BCUT2D eigenvalue weighted by Crippen LogP contribution is -2.32. The van der Waals surface area contributed by atoms with Crippen LogP contribution in [0.15, 0.2) is 71.1 Å². The summed E-state index contributed by atoms with van der Waals surface area (Å²) in [5, 5.41) is 4.33. The van der Waals surface area contributed by atoms with Crippen molar-refractivity contribution >= 4 is 74.2 Å². The fourth-order valence-corrected chi connectivity index (χ4v) is 8.57. The highest BCUT2D eigenvalue weighted by molar-refractivity contribution is 8.03. The summed E-state index contributed by atoms with van der Waals surface area (Å²) in [7, 11) is 2.40. The van der Waals surface area contributed by atoms with E-state index in [1.54, 1.807) is 24.3 Å². The molecular weight excluding hydrogens is 747 g/mol. The summed E-state index contributed by atoms with van der Waals surface area (Å²) in [6.07, 6.45) is 19.4. The Morgan fingerprint density at radius 1 is 0.643 bits per heavy atom. The zero-order valence-electron chi connectivity index (χ0n) is 32.9. The predicted molar refractivity (Wildman–Crippen MR) is 226 cm³/mol. The van der Waals surface area contributed by atoms with E-state index >= 15 is 0 Å². The smallest absolute Gasteiger partial charge is 0.337 e. The Hall–Kier alpha value is -4.55. The largest absolute Gasteiger partial charge is 0.465 e. The lowest BCUT2D eigenvalue weighted by Gasteiger charge is -2.16. The molecule has 0 fully saturated rings. The van der Waals surface area contributed by atoms with Crippen molar-refractivity contribution in [2.45, 2.75) is 119 Å². The van der Waals surface area contributed by atoms with E-state index in [2.05, 4.69) is 22.5 Å². The second kappa shape index (κ2) is 24.2. The molecule has 3 aromatic carbocycles. The summed E-state index contributed by atoms with van der Waals surface area (Å²) in [5.74, 6) is -2.69. The number of fused-ring (bicyclic) bond motifs is 1. The van der Waals surface area contributed by atoms with E-state index in [1.165, 1.54) is 121 Å². The molecule has 4 aromatic rings. The van der Waals surface area contributed by atoms with Gasteiger partial charge in [-0.1, -0.05) is 121 Å². The van der Waals surface area contributed by atoms with Crippen molar-refractivity contribution in [1.29, 1.82) is 0 Å². The molecule has 0 radical (unpaired) electrons. The van der Waals surface area contributed by atoms with Gasteiger partial charge in [-0.05, 0) is 61.0 Å². The SMILES string of the molecule is CCCCCCCCCCCCCCCCCC(=O)Nc1ccc(C(=O)C(Sc2nc3ccccc3s2)C(=O)Nc2cc(C(=O)OC)cc(C(=O)OC)c2)cc1. The number of thiazole rings is 1. The van der Waals surface area contributed by atoms with Crippen molar-refractivity contribution < 1.29 is 33.4 Å². The van der Waals surface area contributed by atoms with Gasteiger partial charge in [0.25, 0.3) is 0 Å². The Kier molecular flexibility index (Phi) is 19.1. The molecule has 1 aromatic heterocycles. The van der Waals surface area contributed by atoms with Crippen LogP contribution in [0, 0.1) is 0 Å². The number of benzene rings is 3. The fourth-order valence-electron chi connectivity index (χ4n) is 6.36. The van der Waals surface area contributed by atoms with Crippen molar-refractivity contribution in [1.82, 2.24) is 4.98 Å². The van der Waals surface area contributed by atoms with Crippen LogP contribution in [0.2, 0.25) is 0 Å². The first-order valence-corrected chi connectivity index (χ1v) is 21.5. The summed E-state index contributed by atoms with van der Waals surface area (Å²) < 4.78 is 11.0. The number of hydrogen-bond acceptors (Lipinski definition) is 10. The highest BCUT2D eigenvalue weighted by atomic mass is 32.2. The van der Waals surface area contributed by atoms with Gasteiger partial charge >= 0.3 is 11.9 Å². The molecule has 300 valence electrons. The third-order valence-electron chi connectivity index (χ3n) is 9.47. The minimum Gasteiger partial charge on any atom is -0.465 e. The van der Waals surface area contributed by atoms with Gasteiger partial charge in [0.05, 0.1) is 35.6 Å². The predicted octanol–water partition coefficient (Wildman–Crippen LogP) is 11.1. The number of para-hydroxylation sites is 1. The molecule has 0 saturated carbocycles. The van der Waals surface area contributed by atoms with Gasteiger partial charge in [0, 0.05) is 23.4 Å². The number of amides is 2. The molecule has 0 saturated heterocycles. The van der Waals surface area contributed by atoms with Gasteiger partial charge in [-0.3, -0.25) is 14.4 Å². The van der Waals surface area contributed by atoms with Gasteiger partial charge in [0.15, 0.2) is 15.4 Å². The number of carbonyl (C=O) groups is 5. The van der Waals surface area contributed by atoms with Crippen LogP contribution in [0.25, 0.3) is 10.2 Å². The van der Waals surface area contributed by atoms with Crippen LogP contribution in [0.1, 0.15) is 141 Å². The Morgan fingerprint density at radius 3 is 1.71 bits per heavy atom. The number of ketones is 1. The molecular formula is C44H55N3O7S2. The Morgan fingerprint density at radius 2 is 1.18 bits per heavy atom. The number of ether oxygens (including phenoxy) is 2. The third kappa shape index (κ3) is 14.5. The number of unbranched alkanes of at least 4 members (excludes halogenated alkanes) is 14. The average molecular weight is 802 g/mol. The van der Waals surface area contributed by atoms with E-state index in [1.807, 2.05) is 24.3 Å². The number of rotatable bonds is 25.